The van der Waals surface area contributed by atoms with Crippen molar-refractivity contribution in [3.05, 3.63) is 62.7 Å². The van der Waals surface area contributed by atoms with Crippen LogP contribution in [-0.4, -0.2) is 15.9 Å². The summed E-state index contributed by atoms with van der Waals surface area (Å²) >= 11 is 13.1. The normalized spacial score (nSPS) is 10.7. The maximum Gasteiger partial charge on any atom is 0.259 e. The summed E-state index contributed by atoms with van der Waals surface area (Å²) < 4.78 is 0. The molecule has 2 aromatic heterocycles. The molecule has 1 amide bonds. The van der Waals surface area contributed by atoms with Crippen molar-refractivity contribution in [1.82, 2.24) is 9.97 Å². The SMILES string of the molecule is Cc1ccc(-c2nc(NC(=O)c3cnc(Cl)c(Cl)c3)sc2C)cc1. The lowest BCUT2D eigenvalue weighted by Crippen LogP contribution is -2.12. The number of anilines is 1. The van der Waals surface area contributed by atoms with Crippen LogP contribution in [0.2, 0.25) is 10.2 Å². The van der Waals surface area contributed by atoms with E-state index >= 15 is 0 Å². The number of nitrogens with one attached hydrogen (secondary N) is 1. The minimum Gasteiger partial charge on any atom is -0.298 e. The van der Waals surface area contributed by atoms with E-state index in [9.17, 15) is 4.79 Å². The summed E-state index contributed by atoms with van der Waals surface area (Å²) in [7, 11) is 0. The first kappa shape index (κ1) is 16.9. The van der Waals surface area contributed by atoms with Crippen LogP contribution >= 0.6 is 34.5 Å². The van der Waals surface area contributed by atoms with Gasteiger partial charge in [-0.3, -0.25) is 10.1 Å². The van der Waals surface area contributed by atoms with Crippen LogP contribution in [0.5, 0.6) is 0 Å². The number of rotatable bonds is 3. The zero-order valence-corrected chi connectivity index (χ0v) is 15.3. The summed E-state index contributed by atoms with van der Waals surface area (Å²) in [6.45, 7) is 4.01. The average Bonchev–Trinajstić information content (AvgIpc) is 2.91. The molecule has 0 spiro atoms. The molecular formula is C17H13Cl2N3OS. The third-order valence-electron chi connectivity index (χ3n) is 3.40. The van der Waals surface area contributed by atoms with Crippen molar-refractivity contribution < 1.29 is 4.79 Å². The molecule has 24 heavy (non-hydrogen) atoms. The molecule has 0 unspecified atom stereocenters. The van der Waals surface area contributed by atoms with Gasteiger partial charge >= 0.3 is 0 Å². The van der Waals surface area contributed by atoms with Crippen LogP contribution in [0.4, 0.5) is 5.13 Å². The number of pyridine rings is 1. The van der Waals surface area contributed by atoms with Crippen LogP contribution in [0.25, 0.3) is 11.3 Å². The van der Waals surface area contributed by atoms with Crippen molar-refractivity contribution in [2.75, 3.05) is 5.32 Å². The van der Waals surface area contributed by atoms with E-state index in [-0.39, 0.29) is 16.1 Å². The lowest BCUT2D eigenvalue weighted by atomic mass is 10.1. The minimum atomic E-state index is -0.328. The zero-order chi connectivity index (χ0) is 17.3. The van der Waals surface area contributed by atoms with E-state index in [0.29, 0.717) is 10.7 Å². The highest BCUT2D eigenvalue weighted by molar-refractivity contribution is 7.16. The highest BCUT2D eigenvalue weighted by Crippen LogP contribution is 2.31. The van der Waals surface area contributed by atoms with Crippen molar-refractivity contribution in [3.63, 3.8) is 0 Å². The molecule has 3 aromatic rings. The molecule has 0 atom stereocenters. The van der Waals surface area contributed by atoms with Crippen LogP contribution in [0.15, 0.2) is 36.5 Å². The number of hydrogen-bond donors (Lipinski definition) is 1. The van der Waals surface area contributed by atoms with Crippen LogP contribution < -0.4 is 5.32 Å². The van der Waals surface area contributed by atoms with E-state index in [1.54, 1.807) is 0 Å². The maximum absolute atomic E-state index is 12.3. The van der Waals surface area contributed by atoms with Crippen molar-refractivity contribution in [3.8, 4) is 11.3 Å². The topological polar surface area (TPSA) is 54.9 Å². The van der Waals surface area contributed by atoms with E-state index in [2.05, 4.69) is 15.3 Å². The molecule has 0 saturated heterocycles. The Morgan fingerprint density at radius 1 is 1.17 bits per heavy atom. The Labute approximate surface area is 153 Å². The van der Waals surface area contributed by atoms with Gasteiger partial charge in [-0.05, 0) is 19.9 Å². The van der Waals surface area contributed by atoms with Gasteiger partial charge in [-0.2, -0.15) is 0 Å². The second-order valence-electron chi connectivity index (χ2n) is 5.24. The molecule has 4 nitrogen and oxygen atoms in total. The summed E-state index contributed by atoms with van der Waals surface area (Å²) in [6, 6.07) is 9.59. The molecule has 0 aliphatic heterocycles. The Balaban J connectivity index is 1.83. The number of halogens is 2. The summed E-state index contributed by atoms with van der Waals surface area (Å²) in [6.07, 6.45) is 1.38. The lowest BCUT2D eigenvalue weighted by molar-refractivity contribution is 0.102. The van der Waals surface area contributed by atoms with E-state index in [0.717, 1.165) is 16.1 Å². The third kappa shape index (κ3) is 3.59. The number of aryl methyl sites for hydroxylation is 2. The van der Waals surface area contributed by atoms with Gasteiger partial charge in [0.1, 0.15) is 5.15 Å². The Morgan fingerprint density at radius 3 is 2.54 bits per heavy atom. The number of benzene rings is 1. The quantitative estimate of drug-likeness (QED) is 0.623. The molecular weight excluding hydrogens is 365 g/mol. The Bertz CT molecular complexity index is 907. The van der Waals surface area contributed by atoms with Gasteiger partial charge in [-0.15, -0.1) is 11.3 Å². The highest BCUT2D eigenvalue weighted by atomic mass is 35.5. The van der Waals surface area contributed by atoms with Crippen molar-refractivity contribution in [1.29, 1.82) is 0 Å². The summed E-state index contributed by atoms with van der Waals surface area (Å²) in [4.78, 5) is 21.7. The number of aromatic nitrogens is 2. The smallest absolute Gasteiger partial charge is 0.259 e. The van der Waals surface area contributed by atoms with Crippen molar-refractivity contribution in [2.24, 2.45) is 0 Å². The van der Waals surface area contributed by atoms with Gasteiger partial charge in [0.05, 0.1) is 16.3 Å². The first-order valence-electron chi connectivity index (χ1n) is 7.11. The first-order chi connectivity index (χ1) is 11.4. The van der Waals surface area contributed by atoms with Gasteiger partial charge in [0.15, 0.2) is 5.13 Å². The molecule has 3 rings (SSSR count). The van der Waals surface area contributed by atoms with Gasteiger partial charge in [0.2, 0.25) is 0 Å². The zero-order valence-electron chi connectivity index (χ0n) is 12.9. The lowest BCUT2D eigenvalue weighted by Gasteiger charge is -2.02. The molecule has 0 radical (unpaired) electrons. The predicted octanol–water partition coefficient (Wildman–Crippen LogP) is 5.38. The number of amides is 1. The van der Waals surface area contributed by atoms with Gasteiger partial charge in [0.25, 0.3) is 5.91 Å². The molecule has 2 heterocycles. The van der Waals surface area contributed by atoms with Gasteiger partial charge in [0, 0.05) is 16.6 Å². The molecule has 7 heteroatoms. The second kappa shape index (κ2) is 6.89. The molecule has 0 aliphatic carbocycles. The van der Waals surface area contributed by atoms with Crippen LogP contribution in [0, 0.1) is 13.8 Å². The van der Waals surface area contributed by atoms with Gasteiger partial charge in [-0.25, -0.2) is 9.97 Å². The van der Waals surface area contributed by atoms with E-state index in [1.807, 2.05) is 38.1 Å². The van der Waals surface area contributed by atoms with E-state index in [1.165, 1.54) is 29.2 Å². The van der Waals surface area contributed by atoms with E-state index in [4.69, 9.17) is 23.2 Å². The van der Waals surface area contributed by atoms with Crippen molar-refractivity contribution >= 4 is 45.6 Å². The van der Waals surface area contributed by atoms with Crippen LogP contribution in [0.3, 0.4) is 0 Å². The van der Waals surface area contributed by atoms with E-state index < -0.39 is 0 Å². The summed E-state index contributed by atoms with van der Waals surface area (Å²) in [5.41, 5.74) is 3.40. The molecule has 0 fully saturated rings. The number of carbonyl (C=O) groups excluding carboxylic acids is 1. The van der Waals surface area contributed by atoms with Gasteiger partial charge < -0.3 is 0 Å². The standard InChI is InChI=1S/C17H13Cl2N3OS/c1-9-3-5-11(6-4-9)14-10(2)24-17(21-14)22-16(23)12-7-13(18)15(19)20-8-12/h3-8H,1-2H3,(H,21,22,23). The number of nitrogens with zero attached hydrogens (tertiary/aromatic N) is 2. The predicted molar refractivity (Wildman–Crippen MR) is 99.2 cm³/mol. The summed E-state index contributed by atoms with van der Waals surface area (Å²) in [5.74, 6) is -0.328. The first-order valence-corrected chi connectivity index (χ1v) is 8.68. The molecule has 0 saturated carbocycles. The summed E-state index contributed by atoms with van der Waals surface area (Å²) in [5, 5.41) is 3.70. The highest BCUT2D eigenvalue weighted by Gasteiger charge is 2.14. The Hall–Kier alpha value is -1.95. The maximum atomic E-state index is 12.3. The second-order valence-corrected chi connectivity index (χ2v) is 7.21. The fourth-order valence-electron chi connectivity index (χ4n) is 2.14. The molecule has 0 aliphatic rings. The molecule has 0 bridgehead atoms. The minimum absolute atomic E-state index is 0.167. The third-order valence-corrected chi connectivity index (χ3v) is 4.97. The molecule has 1 aromatic carbocycles. The molecule has 122 valence electrons. The molecule has 1 N–H and O–H groups in total. The Morgan fingerprint density at radius 2 is 1.88 bits per heavy atom. The van der Waals surface area contributed by atoms with Gasteiger partial charge in [-0.1, -0.05) is 53.0 Å². The largest absolute Gasteiger partial charge is 0.298 e. The monoisotopic (exact) mass is 377 g/mol. The van der Waals surface area contributed by atoms with Crippen molar-refractivity contribution in [2.45, 2.75) is 13.8 Å². The average molecular weight is 378 g/mol. The Kier molecular flexibility index (Phi) is 4.85. The van der Waals surface area contributed by atoms with Crippen LogP contribution in [-0.2, 0) is 0 Å². The number of thiazole rings is 1. The fourth-order valence-corrected chi connectivity index (χ4v) is 3.24. The van der Waals surface area contributed by atoms with Crippen LogP contribution in [0.1, 0.15) is 20.8 Å². The number of hydrogen-bond acceptors (Lipinski definition) is 4. The number of carbonyl (C=O) groups is 1. The fraction of sp³-hybridized carbons (Fsp3) is 0.118.